The number of para-hydroxylation sites is 1. The summed E-state index contributed by atoms with van der Waals surface area (Å²) in [6.45, 7) is 1.87. The van der Waals surface area contributed by atoms with E-state index in [1.807, 2.05) is 12.3 Å². The predicted molar refractivity (Wildman–Crippen MR) is 99.9 cm³/mol. The lowest BCUT2D eigenvalue weighted by Gasteiger charge is -2.06. The molecule has 25 heavy (non-hydrogen) atoms. The third-order valence-corrected chi connectivity index (χ3v) is 5.44. The van der Waals surface area contributed by atoms with Gasteiger partial charge >= 0.3 is 0 Å². The normalized spacial score (nSPS) is 11.0. The van der Waals surface area contributed by atoms with Crippen LogP contribution in [0.2, 0.25) is 0 Å². The van der Waals surface area contributed by atoms with Gasteiger partial charge in [0.2, 0.25) is 5.91 Å². The number of carbonyl (C=O) groups is 1. The van der Waals surface area contributed by atoms with Crippen LogP contribution in [0, 0.1) is 12.7 Å². The van der Waals surface area contributed by atoms with Gasteiger partial charge in [0.05, 0.1) is 11.4 Å². The summed E-state index contributed by atoms with van der Waals surface area (Å²) in [5.74, 6) is 0.420. The van der Waals surface area contributed by atoms with E-state index < -0.39 is 5.82 Å². The third kappa shape index (κ3) is 4.26. The SMILES string of the molecule is Cc1csc2nc(CSCCC(=O)Nc3ccccc3F)cc(=O)n12. The Labute approximate surface area is 151 Å². The van der Waals surface area contributed by atoms with Crippen molar-refractivity contribution in [1.29, 1.82) is 0 Å². The predicted octanol–water partition coefficient (Wildman–Crippen LogP) is 3.47. The van der Waals surface area contributed by atoms with Crippen molar-refractivity contribution in [2.45, 2.75) is 19.1 Å². The lowest BCUT2D eigenvalue weighted by molar-refractivity contribution is -0.115. The van der Waals surface area contributed by atoms with Crippen LogP contribution in [0.15, 0.2) is 40.5 Å². The first kappa shape index (κ1) is 17.6. The number of halogens is 1. The molecule has 5 nitrogen and oxygen atoms in total. The summed E-state index contributed by atoms with van der Waals surface area (Å²) in [6, 6.07) is 7.59. The van der Waals surface area contributed by atoms with Gasteiger partial charge in [0.1, 0.15) is 5.82 Å². The number of rotatable bonds is 6. The summed E-state index contributed by atoms with van der Waals surface area (Å²) in [5.41, 5.74) is 1.68. The molecule has 0 spiro atoms. The minimum Gasteiger partial charge on any atom is -0.324 e. The molecule has 0 aliphatic heterocycles. The highest BCUT2D eigenvalue weighted by atomic mass is 32.2. The van der Waals surface area contributed by atoms with Crippen LogP contribution in [0.25, 0.3) is 4.96 Å². The average molecular weight is 377 g/mol. The van der Waals surface area contributed by atoms with Crippen LogP contribution < -0.4 is 10.9 Å². The Hall–Kier alpha value is -2.19. The van der Waals surface area contributed by atoms with Gasteiger partial charge in [0, 0.05) is 35.1 Å². The number of fused-ring (bicyclic) bond motifs is 1. The Morgan fingerprint density at radius 1 is 1.40 bits per heavy atom. The summed E-state index contributed by atoms with van der Waals surface area (Å²) in [6.07, 6.45) is 0.262. The molecule has 0 saturated carbocycles. The number of aryl methyl sites for hydroxylation is 1. The molecular weight excluding hydrogens is 361 g/mol. The zero-order valence-corrected chi connectivity index (χ0v) is 15.1. The highest BCUT2D eigenvalue weighted by Crippen LogP contribution is 2.16. The van der Waals surface area contributed by atoms with Gasteiger partial charge in [-0.2, -0.15) is 11.8 Å². The fourth-order valence-corrected chi connectivity index (χ4v) is 4.01. The number of anilines is 1. The van der Waals surface area contributed by atoms with Crippen molar-refractivity contribution in [2.24, 2.45) is 0 Å². The van der Waals surface area contributed by atoms with Gasteiger partial charge in [0.15, 0.2) is 4.96 Å². The van der Waals surface area contributed by atoms with Crippen molar-refractivity contribution in [1.82, 2.24) is 9.38 Å². The van der Waals surface area contributed by atoms with E-state index in [1.165, 1.54) is 41.3 Å². The van der Waals surface area contributed by atoms with Crippen molar-refractivity contribution in [2.75, 3.05) is 11.1 Å². The Morgan fingerprint density at radius 2 is 2.20 bits per heavy atom. The summed E-state index contributed by atoms with van der Waals surface area (Å²) < 4.78 is 15.1. The summed E-state index contributed by atoms with van der Waals surface area (Å²) in [4.78, 5) is 29.1. The Bertz CT molecular complexity index is 968. The minimum absolute atomic E-state index is 0.0864. The van der Waals surface area contributed by atoms with Crippen LogP contribution >= 0.6 is 23.1 Å². The Balaban J connectivity index is 1.51. The maximum atomic E-state index is 13.5. The molecule has 3 aromatic rings. The van der Waals surface area contributed by atoms with Crippen LogP contribution in [0.5, 0.6) is 0 Å². The summed E-state index contributed by atoms with van der Waals surface area (Å²) in [7, 11) is 0. The van der Waals surface area contributed by atoms with Gasteiger partial charge in [-0.15, -0.1) is 11.3 Å². The molecule has 0 unspecified atom stereocenters. The molecule has 0 saturated heterocycles. The minimum atomic E-state index is -0.451. The number of thiazole rings is 1. The zero-order chi connectivity index (χ0) is 17.8. The molecule has 130 valence electrons. The van der Waals surface area contributed by atoms with E-state index in [0.29, 0.717) is 22.2 Å². The average Bonchev–Trinajstić information content (AvgIpc) is 2.95. The van der Waals surface area contributed by atoms with Gasteiger partial charge in [-0.1, -0.05) is 12.1 Å². The lowest BCUT2D eigenvalue weighted by atomic mass is 10.3. The molecule has 0 aliphatic carbocycles. The van der Waals surface area contributed by atoms with E-state index in [2.05, 4.69) is 10.3 Å². The number of nitrogens with zero attached hydrogens (tertiary/aromatic N) is 2. The second kappa shape index (κ2) is 7.79. The molecule has 2 aromatic heterocycles. The van der Waals surface area contributed by atoms with E-state index in [-0.39, 0.29) is 23.6 Å². The molecule has 8 heteroatoms. The number of hydrogen-bond donors (Lipinski definition) is 1. The fourth-order valence-electron chi connectivity index (χ4n) is 2.29. The molecule has 0 bridgehead atoms. The van der Waals surface area contributed by atoms with E-state index in [0.717, 1.165) is 5.69 Å². The van der Waals surface area contributed by atoms with Crippen LogP contribution in [0.1, 0.15) is 17.8 Å². The topological polar surface area (TPSA) is 63.5 Å². The first-order valence-electron chi connectivity index (χ1n) is 7.63. The molecule has 0 radical (unpaired) electrons. The maximum absolute atomic E-state index is 13.5. The van der Waals surface area contributed by atoms with Crippen LogP contribution in [0.4, 0.5) is 10.1 Å². The highest BCUT2D eigenvalue weighted by Gasteiger charge is 2.08. The molecule has 1 N–H and O–H groups in total. The van der Waals surface area contributed by atoms with Crippen molar-refractivity contribution in [3.8, 4) is 0 Å². The van der Waals surface area contributed by atoms with Crippen LogP contribution in [-0.2, 0) is 10.5 Å². The molecule has 0 fully saturated rings. The number of benzene rings is 1. The quantitative estimate of drug-likeness (QED) is 0.668. The monoisotopic (exact) mass is 377 g/mol. The van der Waals surface area contributed by atoms with E-state index in [9.17, 15) is 14.0 Å². The number of carbonyl (C=O) groups excluding carboxylic acids is 1. The number of nitrogens with one attached hydrogen (secondary N) is 1. The second-order valence-corrected chi connectivity index (χ2v) is 7.35. The molecule has 2 heterocycles. The van der Waals surface area contributed by atoms with Gasteiger partial charge in [0.25, 0.3) is 5.56 Å². The molecular formula is C17H16FN3O2S2. The first-order chi connectivity index (χ1) is 12.0. The van der Waals surface area contributed by atoms with E-state index >= 15 is 0 Å². The third-order valence-electron chi connectivity index (χ3n) is 3.50. The molecule has 1 amide bonds. The number of amides is 1. The Morgan fingerprint density at radius 3 is 3.00 bits per heavy atom. The smallest absolute Gasteiger partial charge is 0.258 e. The number of thioether (sulfide) groups is 1. The molecule has 0 atom stereocenters. The van der Waals surface area contributed by atoms with Gasteiger partial charge < -0.3 is 5.32 Å². The van der Waals surface area contributed by atoms with Crippen molar-refractivity contribution in [3.63, 3.8) is 0 Å². The molecule has 1 aromatic carbocycles. The zero-order valence-electron chi connectivity index (χ0n) is 13.5. The highest BCUT2D eigenvalue weighted by molar-refractivity contribution is 7.98. The maximum Gasteiger partial charge on any atom is 0.258 e. The van der Waals surface area contributed by atoms with Crippen LogP contribution in [-0.4, -0.2) is 21.0 Å². The lowest BCUT2D eigenvalue weighted by Crippen LogP contribution is -2.15. The summed E-state index contributed by atoms with van der Waals surface area (Å²) in [5, 5.41) is 4.45. The van der Waals surface area contributed by atoms with Gasteiger partial charge in [-0.25, -0.2) is 9.37 Å². The van der Waals surface area contributed by atoms with E-state index in [1.54, 1.807) is 16.5 Å². The van der Waals surface area contributed by atoms with Crippen molar-refractivity contribution >= 4 is 39.7 Å². The molecule has 3 rings (SSSR count). The van der Waals surface area contributed by atoms with Gasteiger partial charge in [-0.3, -0.25) is 14.0 Å². The van der Waals surface area contributed by atoms with Crippen LogP contribution in [0.3, 0.4) is 0 Å². The van der Waals surface area contributed by atoms with Crippen molar-refractivity contribution in [3.05, 3.63) is 63.3 Å². The fraction of sp³-hybridized carbons (Fsp3) is 0.235. The summed E-state index contributed by atoms with van der Waals surface area (Å²) >= 11 is 2.94. The first-order valence-corrected chi connectivity index (χ1v) is 9.67. The van der Waals surface area contributed by atoms with E-state index in [4.69, 9.17) is 0 Å². The second-order valence-electron chi connectivity index (χ2n) is 5.41. The van der Waals surface area contributed by atoms with Gasteiger partial charge in [-0.05, 0) is 19.1 Å². The number of aromatic nitrogens is 2. The largest absolute Gasteiger partial charge is 0.324 e. The Kier molecular flexibility index (Phi) is 5.50. The van der Waals surface area contributed by atoms with Crippen molar-refractivity contribution < 1.29 is 9.18 Å². The standard InChI is InChI=1S/C17H16FN3O2S2/c1-11-9-25-17-19-12(8-16(23)21(11)17)10-24-7-6-15(22)20-14-5-3-2-4-13(14)18/h2-5,8-9H,6-7,10H2,1H3,(H,20,22). The number of hydrogen-bond acceptors (Lipinski definition) is 5. The molecule has 0 aliphatic rings.